The third kappa shape index (κ3) is 3.28. The van der Waals surface area contributed by atoms with Gasteiger partial charge in [0.05, 0.1) is 10.9 Å². The lowest BCUT2D eigenvalue weighted by molar-refractivity contribution is 0.453. The first-order valence-corrected chi connectivity index (χ1v) is 9.44. The maximum Gasteiger partial charge on any atom is 0.343 e. The molecule has 1 aromatic heterocycles. The Labute approximate surface area is 165 Å². The van der Waals surface area contributed by atoms with Crippen LogP contribution in [0.15, 0.2) is 86.5 Å². The largest absolute Gasteiger partial charge is 0.507 e. The molecule has 0 amide bonds. The van der Waals surface area contributed by atoms with Crippen molar-refractivity contribution in [1.82, 2.24) is 0 Å². The summed E-state index contributed by atoms with van der Waals surface area (Å²) in [7, 11) is 0. The van der Waals surface area contributed by atoms with Crippen molar-refractivity contribution in [2.24, 2.45) is 0 Å². The third-order valence-electron chi connectivity index (χ3n) is 4.84. The SMILES string of the molecule is CC(c1ccc(-c2ccc(Br)cc2)cc1)c1c(O)c2ccccc2oc1=O. The van der Waals surface area contributed by atoms with Gasteiger partial charge in [-0.25, -0.2) is 4.79 Å². The molecule has 27 heavy (non-hydrogen) atoms. The molecule has 0 aliphatic carbocycles. The smallest absolute Gasteiger partial charge is 0.343 e. The molecule has 4 rings (SSSR count). The molecular formula is C23H17BrO3. The molecule has 0 aliphatic rings. The average molecular weight is 421 g/mol. The summed E-state index contributed by atoms with van der Waals surface area (Å²) in [5.41, 5.74) is 3.31. The van der Waals surface area contributed by atoms with Gasteiger partial charge in [0, 0.05) is 10.4 Å². The molecule has 4 aromatic rings. The Morgan fingerprint density at radius 3 is 2.15 bits per heavy atom. The number of benzene rings is 3. The van der Waals surface area contributed by atoms with Gasteiger partial charge in [-0.2, -0.15) is 0 Å². The van der Waals surface area contributed by atoms with E-state index in [1.54, 1.807) is 18.2 Å². The first kappa shape index (κ1) is 17.6. The molecule has 4 heteroatoms. The van der Waals surface area contributed by atoms with Crippen molar-refractivity contribution in [2.45, 2.75) is 12.8 Å². The van der Waals surface area contributed by atoms with Gasteiger partial charge in [-0.15, -0.1) is 0 Å². The van der Waals surface area contributed by atoms with Crippen molar-refractivity contribution in [3.05, 3.63) is 98.8 Å². The number of para-hydroxylation sites is 1. The molecule has 1 unspecified atom stereocenters. The predicted octanol–water partition coefficient (Wildman–Crippen LogP) is 6.08. The summed E-state index contributed by atoms with van der Waals surface area (Å²) in [4.78, 5) is 12.5. The molecule has 3 nitrogen and oxygen atoms in total. The predicted molar refractivity (Wildman–Crippen MR) is 111 cm³/mol. The Kier molecular flexibility index (Phi) is 4.58. The molecule has 0 aliphatic heterocycles. The van der Waals surface area contributed by atoms with Gasteiger partial charge in [-0.05, 0) is 41.0 Å². The monoisotopic (exact) mass is 420 g/mol. The van der Waals surface area contributed by atoms with Crippen molar-refractivity contribution in [3.8, 4) is 16.9 Å². The van der Waals surface area contributed by atoms with E-state index in [0.29, 0.717) is 11.0 Å². The Hall–Kier alpha value is -2.85. The molecule has 0 saturated carbocycles. The first-order chi connectivity index (χ1) is 13.0. The third-order valence-corrected chi connectivity index (χ3v) is 5.37. The summed E-state index contributed by atoms with van der Waals surface area (Å²) in [5.74, 6) is -0.295. The number of hydrogen-bond acceptors (Lipinski definition) is 3. The van der Waals surface area contributed by atoms with Gasteiger partial charge in [-0.3, -0.25) is 0 Å². The Morgan fingerprint density at radius 2 is 1.48 bits per heavy atom. The zero-order chi connectivity index (χ0) is 19.0. The number of aromatic hydroxyl groups is 1. The fourth-order valence-electron chi connectivity index (χ4n) is 3.30. The molecular weight excluding hydrogens is 404 g/mol. The maximum atomic E-state index is 12.5. The van der Waals surface area contributed by atoms with Crippen LogP contribution in [-0.4, -0.2) is 5.11 Å². The molecule has 0 radical (unpaired) electrons. The molecule has 1 heterocycles. The molecule has 0 fully saturated rings. The van der Waals surface area contributed by atoms with Crippen molar-refractivity contribution in [2.75, 3.05) is 0 Å². The van der Waals surface area contributed by atoms with Crippen molar-refractivity contribution in [3.63, 3.8) is 0 Å². The highest BCUT2D eigenvalue weighted by atomic mass is 79.9. The lowest BCUT2D eigenvalue weighted by Crippen LogP contribution is -2.12. The molecule has 0 spiro atoms. The van der Waals surface area contributed by atoms with E-state index in [1.165, 1.54) is 0 Å². The lowest BCUT2D eigenvalue weighted by Gasteiger charge is -2.14. The summed E-state index contributed by atoms with van der Waals surface area (Å²) < 4.78 is 6.44. The van der Waals surface area contributed by atoms with Crippen LogP contribution in [0.2, 0.25) is 0 Å². The van der Waals surface area contributed by atoms with Crippen LogP contribution in [0, 0.1) is 0 Å². The van der Waals surface area contributed by atoms with Crippen LogP contribution in [0.4, 0.5) is 0 Å². The van der Waals surface area contributed by atoms with Crippen molar-refractivity contribution < 1.29 is 9.52 Å². The van der Waals surface area contributed by atoms with Gasteiger partial charge < -0.3 is 9.52 Å². The molecule has 1 N–H and O–H groups in total. The van der Waals surface area contributed by atoms with E-state index in [4.69, 9.17) is 4.42 Å². The zero-order valence-electron chi connectivity index (χ0n) is 14.6. The van der Waals surface area contributed by atoms with Gasteiger partial charge >= 0.3 is 5.63 Å². The van der Waals surface area contributed by atoms with E-state index < -0.39 is 5.63 Å². The van der Waals surface area contributed by atoms with Crippen LogP contribution in [0.1, 0.15) is 24.0 Å². The van der Waals surface area contributed by atoms with Crippen LogP contribution >= 0.6 is 15.9 Å². The van der Waals surface area contributed by atoms with Crippen LogP contribution in [0.3, 0.4) is 0 Å². The summed E-state index contributed by atoms with van der Waals surface area (Å²) >= 11 is 3.44. The van der Waals surface area contributed by atoms with Crippen LogP contribution in [0.25, 0.3) is 22.1 Å². The highest BCUT2D eigenvalue weighted by Crippen LogP contribution is 2.34. The van der Waals surface area contributed by atoms with E-state index in [-0.39, 0.29) is 17.2 Å². The maximum absolute atomic E-state index is 12.5. The second-order valence-electron chi connectivity index (χ2n) is 6.50. The van der Waals surface area contributed by atoms with Gasteiger partial charge in [0.25, 0.3) is 0 Å². The fraction of sp³-hybridized carbons (Fsp3) is 0.0870. The molecule has 0 saturated heterocycles. The van der Waals surface area contributed by atoms with Gasteiger partial charge in [0.1, 0.15) is 11.3 Å². The van der Waals surface area contributed by atoms with Gasteiger partial charge in [-0.1, -0.05) is 71.4 Å². The van der Waals surface area contributed by atoms with E-state index in [0.717, 1.165) is 21.2 Å². The van der Waals surface area contributed by atoms with Crippen LogP contribution < -0.4 is 5.63 Å². The minimum absolute atomic E-state index is 0.00802. The molecule has 0 bridgehead atoms. The van der Waals surface area contributed by atoms with Gasteiger partial charge in [0.2, 0.25) is 0 Å². The molecule has 134 valence electrons. The Morgan fingerprint density at radius 1 is 0.889 bits per heavy atom. The van der Waals surface area contributed by atoms with Crippen molar-refractivity contribution in [1.29, 1.82) is 0 Å². The Bertz CT molecular complexity index is 1160. The number of fused-ring (bicyclic) bond motifs is 1. The van der Waals surface area contributed by atoms with E-state index >= 15 is 0 Å². The first-order valence-electron chi connectivity index (χ1n) is 8.65. The fourth-order valence-corrected chi connectivity index (χ4v) is 3.57. The zero-order valence-corrected chi connectivity index (χ0v) is 16.2. The highest BCUT2D eigenvalue weighted by Gasteiger charge is 2.21. The van der Waals surface area contributed by atoms with E-state index in [1.807, 2.05) is 61.5 Å². The summed E-state index contributed by atoms with van der Waals surface area (Å²) in [6, 6.07) is 23.1. The Balaban J connectivity index is 1.73. The van der Waals surface area contributed by atoms with E-state index in [2.05, 4.69) is 15.9 Å². The highest BCUT2D eigenvalue weighted by molar-refractivity contribution is 9.10. The van der Waals surface area contributed by atoms with E-state index in [9.17, 15) is 9.90 Å². The molecule has 3 aromatic carbocycles. The second kappa shape index (κ2) is 7.05. The standard InChI is InChI=1S/C23H17BrO3/c1-14(21-22(25)19-4-2-3-5-20(19)27-23(21)26)15-6-8-16(9-7-15)17-10-12-18(24)13-11-17/h2-14,25H,1H3. The summed E-state index contributed by atoms with van der Waals surface area (Å²) in [5, 5.41) is 11.2. The number of hydrogen-bond donors (Lipinski definition) is 1. The van der Waals surface area contributed by atoms with Crippen LogP contribution in [0.5, 0.6) is 5.75 Å². The number of halogens is 1. The quantitative estimate of drug-likeness (QED) is 0.408. The second-order valence-corrected chi connectivity index (χ2v) is 7.41. The van der Waals surface area contributed by atoms with Crippen molar-refractivity contribution >= 4 is 26.9 Å². The minimum atomic E-state index is -0.504. The molecule has 1 atom stereocenters. The average Bonchev–Trinajstić information content (AvgIpc) is 2.68. The van der Waals surface area contributed by atoms with Gasteiger partial charge in [0.15, 0.2) is 0 Å². The lowest BCUT2D eigenvalue weighted by atomic mass is 9.91. The normalized spacial score (nSPS) is 12.2. The van der Waals surface area contributed by atoms with Crippen LogP contribution in [-0.2, 0) is 0 Å². The summed E-state index contributed by atoms with van der Waals surface area (Å²) in [6.07, 6.45) is 0. The topological polar surface area (TPSA) is 50.4 Å². The summed E-state index contributed by atoms with van der Waals surface area (Å²) in [6.45, 7) is 1.90. The minimum Gasteiger partial charge on any atom is -0.507 e. The number of rotatable bonds is 3.